The van der Waals surface area contributed by atoms with Gasteiger partial charge in [-0.15, -0.1) is 0 Å². The summed E-state index contributed by atoms with van der Waals surface area (Å²) in [6.45, 7) is 5.30. The van der Waals surface area contributed by atoms with E-state index < -0.39 is 0 Å². The first-order valence-corrected chi connectivity index (χ1v) is 6.34. The van der Waals surface area contributed by atoms with Crippen LogP contribution in [-0.2, 0) is 0 Å². The fourth-order valence-corrected chi connectivity index (χ4v) is 1.64. The summed E-state index contributed by atoms with van der Waals surface area (Å²) >= 11 is 4.84. The highest BCUT2D eigenvalue weighted by Crippen LogP contribution is 2.10. The van der Waals surface area contributed by atoms with Gasteiger partial charge < -0.3 is 16.0 Å². The van der Waals surface area contributed by atoms with E-state index in [4.69, 9.17) is 18.0 Å². The number of hydrogen-bond donors (Lipinski definition) is 2. The molecule has 1 atom stereocenters. The minimum Gasteiger partial charge on any atom is -0.388 e. The number of rotatable bonds is 6. The van der Waals surface area contributed by atoms with E-state index in [1.54, 1.807) is 12.4 Å². The van der Waals surface area contributed by atoms with Crippen molar-refractivity contribution >= 4 is 23.0 Å². The van der Waals surface area contributed by atoms with Crippen LogP contribution in [0.2, 0.25) is 0 Å². The highest BCUT2D eigenvalue weighted by atomic mass is 32.1. The summed E-state index contributed by atoms with van der Waals surface area (Å²) in [4.78, 5) is 10.8. The third-order valence-electron chi connectivity index (χ3n) is 2.60. The predicted octanol–water partition coefficient (Wildman–Crippen LogP) is 1.11. The minimum absolute atomic E-state index is 0.266. The number of hydrogen-bond acceptors (Lipinski definition) is 5. The van der Waals surface area contributed by atoms with Gasteiger partial charge in [0.25, 0.3) is 0 Å². The maximum atomic E-state index is 5.48. The van der Waals surface area contributed by atoms with Gasteiger partial charge >= 0.3 is 0 Å². The lowest BCUT2D eigenvalue weighted by molar-refractivity contribution is 0.344. The van der Waals surface area contributed by atoms with E-state index in [9.17, 15) is 0 Å². The Kier molecular flexibility index (Phi) is 5.43. The van der Waals surface area contributed by atoms with Crippen LogP contribution in [0.3, 0.4) is 0 Å². The first-order chi connectivity index (χ1) is 8.40. The third kappa shape index (κ3) is 4.54. The molecule has 1 aromatic rings. The Morgan fingerprint density at radius 2 is 2.06 bits per heavy atom. The monoisotopic (exact) mass is 267 g/mol. The summed E-state index contributed by atoms with van der Waals surface area (Å²) in [5.41, 5.74) is 6.03. The van der Waals surface area contributed by atoms with Gasteiger partial charge in [-0.3, -0.25) is 0 Å². The van der Waals surface area contributed by atoms with E-state index >= 15 is 0 Å². The molecule has 0 aromatic carbocycles. The van der Waals surface area contributed by atoms with Crippen LogP contribution < -0.4 is 11.1 Å². The second kappa shape index (κ2) is 6.61. The van der Waals surface area contributed by atoms with E-state index in [0.29, 0.717) is 17.7 Å². The molecular formula is C12H21N5S. The van der Waals surface area contributed by atoms with Crippen molar-refractivity contribution in [1.29, 1.82) is 0 Å². The van der Waals surface area contributed by atoms with Crippen molar-refractivity contribution in [1.82, 2.24) is 14.9 Å². The molecule has 0 aliphatic rings. The maximum absolute atomic E-state index is 5.48. The molecule has 5 nitrogen and oxygen atoms in total. The van der Waals surface area contributed by atoms with Crippen molar-refractivity contribution in [2.75, 3.05) is 26.0 Å². The molecule has 3 N–H and O–H groups in total. The molecule has 0 amide bonds. The Balaban J connectivity index is 2.72. The van der Waals surface area contributed by atoms with Crippen LogP contribution in [0.15, 0.2) is 12.4 Å². The van der Waals surface area contributed by atoms with Gasteiger partial charge in [-0.25, -0.2) is 9.97 Å². The Morgan fingerprint density at radius 1 is 1.39 bits per heavy atom. The average Bonchev–Trinajstić information content (AvgIpc) is 2.28. The molecule has 1 rings (SSSR count). The summed E-state index contributed by atoms with van der Waals surface area (Å²) in [5.74, 6) is 1.25. The van der Waals surface area contributed by atoms with Crippen LogP contribution in [0.4, 0.5) is 5.82 Å². The van der Waals surface area contributed by atoms with Crippen LogP contribution in [0.25, 0.3) is 0 Å². The van der Waals surface area contributed by atoms with Gasteiger partial charge in [0.2, 0.25) is 0 Å². The van der Waals surface area contributed by atoms with Gasteiger partial charge in [-0.1, -0.05) is 26.1 Å². The summed E-state index contributed by atoms with van der Waals surface area (Å²) in [6, 6.07) is 0.324. The fourth-order valence-electron chi connectivity index (χ4n) is 1.54. The van der Waals surface area contributed by atoms with Gasteiger partial charge in [0.15, 0.2) is 0 Å². The minimum atomic E-state index is 0.266. The van der Waals surface area contributed by atoms with Gasteiger partial charge in [-0.2, -0.15) is 0 Å². The molecule has 0 saturated carbocycles. The maximum Gasteiger partial charge on any atom is 0.144 e. The molecule has 6 heteroatoms. The second-order valence-corrected chi connectivity index (χ2v) is 5.35. The quantitative estimate of drug-likeness (QED) is 0.753. The summed E-state index contributed by atoms with van der Waals surface area (Å²) in [5, 5.41) is 3.38. The Morgan fingerprint density at radius 3 is 2.44 bits per heavy atom. The summed E-state index contributed by atoms with van der Waals surface area (Å²) in [7, 11) is 4.11. The molecule has 1 aromatic heterocycles. The Bertz CT molecular complexity index is 388. The number of nitrogens with one attached hydrogen (secondary N) is 1. The van der Waals surface area contributed by atoms with Gasteiger partial charge in [0.1, 0.15) is 16.5 Å². The highest BCUT2D eigenvalue weighted by molar-refractivity contribution is 7.80. The van der Waals surface area contributed by atoms with E-state index in [1.165, 1.54) is 0 Å². The lowest BCUT2D eigenvalue weighted by Crippen LogP contribution is -2.36. The fraction of sp³-hybridized carbons (Fsp3) is 0.583. The van der Waals surface area contributed by atoms with E-state index in [0.717, 1.165) is 12.4 Å². The zero-order valence-electron chi connectivity index (χ0n) is 11.3. The number of thiocarbonyl (C=S) groups is 1. The lowest BCUT2D eigenvalue weighted by Gasteiger charge is -2.25. The normalized spacial score (nSPS) is 12.8. The van der Waals surface area contributed by atoms with Crippen molar-refractivity contribution in [2.24, 2.45) is 11.7 Å². The molecule has 1 heterocycles. The SMILES string of the molecule is CC(C)C(CN(C)C)Nc1cnc(C(N)=S)cn1. The van der Waals surface area contributed by atoms with Crippen molar-refractivity contribution in [3.05, 3.63) is 18.1 Å². The number of aromatic nitrogens is 2. The lowest BCUT2D eigenvalue weighted by atomic mass is 10.0. The third-order valence-corrected chi connectivity index (χ3v) is 2.81. The number of likely N-dealkylation sites (N-methyl/N-ethyl adjacent to an activating group) is 1. The average molecular weight is 267 g/mol. The van der Waals surface area contributed by atoms with Crippen LogP contribution in [0, 0.1) is 5.92 Å². The Labute approximate surface area is 114 Å². The topological polar surface area (TPSA) is 67.1 Å². The van der Waals surface area contributed by atoms with E-state index in [2.05, 4.69) is 48.1 Å². The van der Waals surface area contributed by atoms with Gasteiger partial charge in [-0.05, 0) is 20.0 Å². The molecule has 0 radical (unpaired) electrons. The smallest absolute Gasteiger partial charge is 0.144 e. The standard InChI is InChI=1S/C12H21N5S/c1-8(2)10(7-17(3)4)16-11-6-14-9(5-15-11)12(13)18/h5-6,8,10H,7H2,1-4H3,(H2,13,18)(H,15,16). The predicted molar refractivity (Wildman–Crippen MR) is 78.7 cm³/mol. The highest BCUT2D eigenvalue weighted by Gasteiger charge is 2.14. The van der Waals surface area contributed by atoms with E-state index in [1.807, 2.05) is 0 Å². The Hall–Kier alpha value is -1.27. The molecule has 0 spiro atoms. The molecule has 18 heavy (non-hydrogen) atoms. The largest absolute Gasteiger partial charge is 0.388 e. The molecule has 1 unspecified atom stereocenters. The number of anilines is 1. The molecule has 100 valence electrons. The van der Waals surface area contributed by atoms with Crippen LogP contribution >= 0.6 is 12.2 Å². The molecule has 0 aliphatic carbocycles. The first-order valence-electron chi connectivity index (χ1n) is 5.93. The van der Waals surface area contributed by atoms with Crippen molar-refractivity contribution in [3.63, 3.8) is 0 Å². The number of nitrogens with zero attached hydrogens (tertiary/aromatic N) is 3. The molecule has 0 fully saturated rings. The van der Waals surface area contributed by atoms with Crippen LogP contribution in [-0.4, -0.2) is 46.5 Å². The molecule has 0 saturated heterocycles. The van der Waals surface area contributed by atoms with Crippen molar-refractivity contribution < 1.29 is 0 Å². The zero-order valence-corrected chi connectivity index (χ0v) is 12.2. The second-order valence-electron chi connectivity index (χ2n) is 4.91. The van der Waals surface area contributed by atoms with Crippen LogP contribution in [0.5, 0.6) is 0 Å². The summed E-state index contributed by atoms with van der Waals surface area (Å²) in [6.07, 6.45) is 3.26. The zero-order chi connectivity index (χ0) is 13.7. The van der Waals surface area contributed by atoms with Gasteiger partial charge in [0, 0.05) is 12.6 Å². The molecule has 0 bridgehead atoms. The van der Waals surface area contributed by atoms with Crippen molar-refractivity contribution in [2.45, 2.75) is 19.9 Å². The number of nitrogens with two attached hydrogens (primary N) is 1. The van der Waals surface area contributed by atoms with Crippen LogP contribution in [0.1, 0.15) is 19.5 Å². The van der Waals surface area contributed by atoms with E-state index in [-0.39, 0.29) is 4.99 Å². The molecule has 0 aliphatic heterocycles. The van der Waals surface area contributed by atoms with Crippen molar-refractivity contribution in [3.8, 4) is 0 Å². The summed E-state index contributed by atoms with van der Waals surface area (Å²) < 4.78 is 0. The first kappa shape index (κ1) is 14.8. The molecular weight excluding hydrogens is 246 g/mol. The van der Waals surface area contributed by atoms with Gasteiger partial charge in [0.05, 0.1) is 12.4 Å².